The fraction of sp³-hybridized carbons (Fsp3) is 0.579. The Morgan fingerprint density at radius 1 is 1.15 bits per heavy atom. The van der Waals surface area contributed by atoms with Gasteiger partial charge in [0, 0.05) is 31.6 Å². The minimum Gasteiger partial charge on any atom is -0.493 e. The van der Waals surface area contributed by atoms with Crippen molar-refractivity contribution in [3.8, 4) is 11.5 Å². The van der Waals surface area contributed by atoms with Crippen LogP contribution in [0.1, 0.15) is 18.4 Å². The van der Waals surface area contributed by atoms with Crippen molar-refractivity contribution >= 4 is 11.9 Å². The molecule has 0 aliphatic carbocycles. The average molecular weight is 376 g/mol. The van der Waals surface area contributed by atoms with Gasteiger partial charge in [0.2, 0.25) is 5.91 Å². The van der Waals surface area contributed by atoms with Gasteiger partial charge < -0.3 is 25.4 Å². The summed E-state index contributed by atoms with van der Waals surface area (Å²) >= 11 is 0. The predicted molar refractivity (Wildman–Crippen MR) is 101 cm³/mol. The lowest BCUT2D eigenvalue weighted by atomic mass is 9.94. The first kappa shape index (κ1) is 19.3. The number of methoxy groups -OCH3 is 2. The molecule has 2 aliphatic heterocycles. The van der Waals surface area contributed by atoms with Crippen molar-refractivity contribution in [2.45, 2.75) is 25.4 Å². The zero-order chi connectivity index (χ0) is 19.4. The van der Waals surface area contributed by atoms with Gasteiger partial charge in [0.25, 0.3) is 0 Å². The number of benzene rings is 1. The molecule has 0 aromatic heterocycles. The van der Waals surface area contributed by atoms with Gasteiger partial charge in [0.05, 0.1) is 14.2 Å². The molecule has 3 N–H and O–H groups in total. The highest BCUT2D eigenvalue weighted by atomic mass is 16.5. The molecule has 0 saturated carbocycles. The van der Waals surface area contributed by atoms with E-state index in [0.717, 1.165) is 44.6 Å². The van der Waals surface area contributed by atoms with Gasteiger partial charge in [-0.2, -0.15) is 0 Å². The third kappa shape index (κ3) is 4.44. The summed E-state index contributed by atoms with van der Waals surface area (Å²) in [5, 5.41) is 2.95. The maximum absolute atomic E-state index is 12.3. The van der Waals surface area contributed by atoms with Crippen molar-refractivity contribution in [2.75, 3.05) is 40.4 Å². The smallest absolute Gasteiger partial charge is 0.317 e. The number of ether oxygens (including phenoxy) is 2. The Balaban J connectivity index is 1.41. The second-order valence-electron chi connectivity index (χ2n) is 7.12. The summed E-state index contributed by atoms with van der Waals surface area (Å²) in [6.07, 6.45) is 1.63. The highest BCUT2D eigenvalue weighted by molar-refractivity contribution is 5.76. The monoisotopic (exact) mass is 376 g/mol. The van der Waals surface area contributed by atoms with Crippen LogP contribution in [0.2, 0.25) is 0 Å². The van der Waals surface area contributed by atoms with E-state index < -0.39 is 0 Å². The topological polar surface area (TPSA) is 97.1 Å². The van der Waals surface area contributed by atoms with Gasteiger partial charge in [-0.1, -0.05) is 6.07 Å². The van der Waals surface area contributed by atoms with Crippen LogP contribution >= 0.6 is 0 Å². The molecule has 8 nitrogen and oxygen atoms in total. The summed E-state index contributed by atoms with van der Waals surface area (Å²) in [5.41, 5.74) is 6.33. The van der Waals surface area contributed by atoms with Crippen LogP contribution in [-0.4, -0.2) is 68.2 Å². The minimum absolute atomic E-state index is 0.00205. The SMILES string of the molecule is COc1ccc(CNC(=O)N2CC(N3CCC(C(N)=O)CC3)C2)cc1OC. The molecule has 0 unspecified atom stereocenters. The Labute approximate surface area is 159 Å². The van der Waals surface area contributed by atoms with Crippen molar-refractivity contribution in [2.24, 2.45) is 11.7 Å². The summed E-state index contributed by atoms with van der Waals surface area (Å²) in [5.74, 6) is 1.12. The van der Waals surface area contributed by atoms with Crippen LogP contribution in [0, 0.1) is 5.92 Å². The Hall–Kier alpha value is -2.48. The zero-order valence-corrected chi connectivity index (χ0v) is 15.9. The van der Waals surface area contributed by atoms with Crippen LogP contribution in [0.25, 0.3) is 0 Å². The number of nitrogens with zero attached hydrogens (tertiary/aromatic N) is 2. The number of hydrogen-bond acceptors (Lipinski definition) is 5. The molecule has 0 atom stereocenters. The van der Waals surface area contributed by atoms with Gasteiger partial charge in [-0.15, -0.1) is 0 Å². The molecule has 0 bridgehead atoms. The maximum Gasteiger partial charge on any atom is 0.317 e. The first-order chi connectivity index (χ1) is 13.0. The Bertz CT molecular complexity index is 682. The van der Waals surface area contributed by atoms with Gasteiger partial charge in [-0.3, -0.25) is 9.69 Å². The quantitative estimate of drug-likeness (QED) is 0.765. The van der Waals surface area contributed by atoms with E-state index in [1.54, 1.807) is 14.2 Å². The van der Waals surface area contributed by atoms with Gasteiger partial charge in [0.1, 0.15) is 0 Å². The van der Waals surface area contributed by atoms with E-state index in [2.05, 4.69) is 10.2 Å². The van der Waals surface area contributed by atoms with Crippen LogP contribution in [0.15, 0.2) is 18.2 Å². The second kappa shape index (κ2) is 8.47. The van der Waals surface area contributed by atoms with Crippen molar-refractivity contribution in [1.29, 1.82) is 0 Å². The summed E-state index contributed by atoms with van der Waals surface area (Å²) in [6.45, 7) is 3.63. The van der Waals surface area contributed by atoms with Crippen LogP contribution in [-0.2, 0) is 11.3 Å². The number of carbonyl (C=O) groups excluding carboxylic acids is 2. The number of rotatable bonds is 6. The molecule has 8 heteroatoms. The molecular weight excluding hydrogens is 348 g/mol. The van der Waals surface area contributed by atoms with Crippen molar-refractivity contribution < 1.29 is 19.1 Å². The fourth-order valence-corrected chi connectivity index (χ4v) is 3.68. The average Bonchev–Trinajstić information content (AvgIpc) is 2.65. The molecule has 2 heterocycles. The van der Waals surface area contributed by atoms with Crippen LogP contribution in [0.3, 0.4) is 0 Å². The van der Waals surface area contributed by atoms with Crippen LogP contribution < -0.4 is 20.5 Å². The Kier molecular flexibility index (Phi) is 6.05. The number of nitrogens with two attached hydrogens (primary N) is 1. The standard InChI is InChI=1S/C19H28N4O4/c1-26-16-4-3-13(9-17(16)27-2)10-21-19(25)23-11-15(12-23)22-7-5-14(6-8-22)18(20)24/h3-4,9,14-15H,5-8,10-12H2,1-2H3,(H2,20,24)(H,21,25). The van der Waals surface area contributed by atoms with E-state index in [0.29, 0.717) is 24.1 Å². The lowest BCUT2D eigenvalue weighted by Gasteiger charge is -2.47. The van der Waals surface area contributed by atoms with E-state index >= 15 is 0 Å². The number of likely N-dealkylation sites (tertiary alicyclic amines) is 2. The van der Waals surface area contributed by atoms with Gasteiger partial charge >= 0.3 is 6.03 Å². The molecule has 2 saturated heterocycles. The largest absolute Gasteiger partial charge is 0.493 e. The van der Waals surface area contributed by atoms with Gasteiger partial charge in [-0.05, 0) is 43.6 Å². The summed E-state index contributed by atoms with van der Waals surface area (Å²) in [4.78, 5) is 27.7. The molecule has 0 radical (unpaired) electrons. The highest BCUT2D eigenvalue weighted by Gasteiger charge is 2.36. The minimum atomic E-state index is -0.195. The molecule has 1 aromatic rings. The van der Waals surface area contributed by atoms with E-state index in [4.69, 9.17) is 15.2 Å². The summed E-state index contributed by atoms with van der Waals surface area (Å²) in [6, 6.07) is 5.92. The number of urea groups is 1. The van der Waals surface area contributed by atoms with Crippen molar-refractivity contribution in [3.05, 3.63) is 23.8 Å². The lowest BCUT2D eigenvalue weighted by molar-refractivity contribution is -0.123. The number of hydrogen-bond donors (Lipinski definition) is 2. The normalized spacial score (nSPS) is 18.7. The lowest BCUT2D eigenvalue weighted by Crippen LogP contribution is -2.64. The van der Waals surface area contributed by atoms with Gasteiger partial charge in [0.15, 0.2) is 11.5 Å². The molecule has 27 heavy (non-hydrogen) atoms. The predicted octanol–water partition coefficient (Wildman–Crippen LogP) is 0.795. The second-order valence-corrected chi connectivity index (χ2v) is 7.12. The molecule has 0 spiro atoms. The molecule has 2 aliphatic rings. The van der Waals surface area contributed by atoms with E-state index in [1.807, 2.05) is 23.1 Å². The first-order valence-electron chi connectivity index (χ1n) is 9.29. The number of carbonyl (C=O) groups is 2. The van der Waals surface area contributed by atoms with E-state index in [-0.39, 0.29) is 17.9 Å². The maximum atomic E-state index is 12.3. The van der Waals surface area contributed by atoms with Crippen LogP contribution in [0.5, 0.6) is 11.5 Å². The summed E-state index contributed by atoms with van der Waals surface area (Å²) < 4.78 is 10.5. The van der Waals surface area contributed by atoms with Crippen LogP contribution in [0.4, 0.5) is 4.79 Å². The Morgan fingerprint density at radius 3 is 2.41 bits per heavy atom. The Morgan fingerprint density at radius 2 is 1.81 bits per heavy atom. The van der Waals surface area contributed by atoms with Crippen molar-refractivity contribution in [3.63, 3.8) is 0 Å². The third-order valence-corrected chi connectivity index (χ3v) is 5.49. The molecule has 148 valence electrons. The molecule has 3 rings (SSSR count). The van der Waals surface area contributed by atoms with Gasteiger partial charge in [-0.25, -0.2) is 4.79 Å². The third-order valence-electron chi connectivity index (χ3n) is 5.49. The van der Waals surface area contributed by atoms with E-state index in [1.165, 1.54) is 0 Å². The zero-order valence-electron chi connectivity index (χ0n) is 15.9. The number of amides is 3. The molecule has 2 fully saturated rings. The van der Waals surface area contributed by atoms with Crippen molar-refractivity contribution in [1.82, 2.24) is 15.1 Å². The molecular formula is C19H28N4O4. The van der Waals surface area contributed by atoms with E-state index in [9.17, 15) is 9.59 Å². The number of nitrogens with one attached hydrogen (secondary N) is 1. The highest BCUT2D eigenvalue weighted by Crippen LogP contribution is 2.27. The number of primary amides is 1. The summed E-state index contributed by atoms with van der Waals surface area (Å²) in [7, 11) is 3.18. The fourth-order valence-electron chi connectivity index (χ4n) is 3.68. The number of piperidine rings is 1. The molecule has 3 amide bonds. The molecule has 1 aromatic carbocycles. The first-order valence-corrected chi connectivity index (χ1v) is 9.29.